The van der Waals surface area contributed by atoms with Crippen LogP contribution in [0.25, 0.3) is 5.76 Å². The van der Waals surface area contributed by atoms with E-state index < -0.39 is 0 Å². The molecule has 0 saturated heterocycles. The molecule has 0 aliphatic rings. The normalized spacial score (nSPS) is 11.8. The Morgan fingerprint density at radius 2 is 2.44 bits per heavy atom. The van der Waals surface area contributed by atoms with E-state index in [0.717, 1.165) is 0 Å². The van der Waals surface area contributed by atoms with Gasteiger partial charge in [-0.1, -0.05) is 6.07 Å². The second kappa shape index (κ2) is 2.55. The molecule has 1 heterocycles. The number of thiophene rings is 1. The Morgan fingerprint density at radius 1 is 1.67 bits per heavy atom. The molecular weight excluding hydrogens is 136 g/mol. The number of aliphatic hydroxyl groups excluding tert-OH is 2. The van der Waals surface area contributed by atoms with Gasteiger partial charge in [-0.05, 0) is 11.4 Å². The lowest BCUT2D eigenvalue weighted by Gasteiger charge is -1.88. The van der Waals surface area contributed by atoms with E-state index in [1.54, 1.807) is 12.1 Å². The van der Waals surface area contributed by atoms with Gasteiger partial charge in [0.15, 0.2) is 5.76 Å². The Bertz CT molecular complexity index is 201. The zero-order valence-corrected chi connectivity index (χ0v) is 5.43. The maximum atomic E-state index is 8.84. The number of rotatable bonds is 1. The average molecular weight is 142 g/mol. The van der Waals surface area contributed by atoms with Gasteiger partial charge in [0.1, 0.15) is 6.26 Å². The first-order valence-electron chi connectivity index (χ1n) is 2.42. The van der Waals surface area contributed by atoms with Crippen molar-refractivity contribution >= 4 is 17.1 Å². The molecule has 1 aromatic rings. The van der Waals surface area contributed by atoms with Crippen LogP contribution in [0, 0.1) is 0 Å². The summed E-state index contributed by atoms with van der Waals surface area (Å²) in [6.07, 6.45) is 0.686. The molecule has 0 fully saturated rings. The van der Waals surface area contributed by atoms with Crippen molar-refractivity contribution in [1.82, 2.24) is 0 Å². The second-order valence-corrected chi connectivity index (χ2v) is 2.44. The van der Waals surface area contributed by atoms with Crippen LogP contribution in [-0.2, 0) is 0 Å². The molecule has 2 N–H and O–H groups in total. The molecule has 3 heteroatoms. The van der Waals surface area contributed by atoms with E-state index >= 15 is 0 Å². The number of aliphatic hydroxyl groups is 2. The summed E-state index contributed by atoms with van der Waals surface area (Å²) in [6, 6.07) is 3.53. The van der Waals surface area contributed by atoms with E-state index in [-0.39, 0.29) is 5.76 Å². The molecule has 0 radical (unpaired) electrons. The molecule has 0 aliphatic carbocycles. The third-order valence-corrected chi connectivity index (χ3v) is 1.79. The fraction of sp³-hybridized carbons (Fsp3) is 0. The molecular formula is C6H6O2S. The van der Waals surface area contributed by atoms with Crippen molar-refractivity contribution < 1.29 is 10.2 Å². The fourth-order valence-corrected chi connectivity index (χ4v) is 1.12. The third kappa shape index (κ3) is 1.23. The Labute approximate surface area is 56.7 Å². The van der Waals surface area contributed by atoms with Crippen molar-refractivity contribution in [2.45, 2.75) is 0 Å². The summed E-state index contributed by atoms with van der Waals surface area (Å²) >= 11 is 1.38. The van der Waals surface area contributed by atoms with E-state index in [1.807, 2.05) is 5.38 Å². The third-order valence-electron chi connectivity index (χ3n) is 0.896. The van der Waals surface area contributed by atoms with Gasteiger partial charge in [0.25, 0.3) is 0 Å². The van der Waals surface area contributed by atoms with E-state index in [1.165, 1.54) is 11.3 Å². The van der Waals surface area contributed by atoms with Gasteiger partial charge in [0.2, 0.25) is 0 Å². The highest BCUT2D eigenvalue weighted by Crippen LogP contribution is 2.15. The molecule has 0 aromatic carbocycles. The number of hydrogen-bond acceptors (Lipinski definition) is 3. The van der Waals surface area contributed by atoms with Crippen LogP contribution in [-0.4, -0.2) is 10.2 Å². The van der Waals surface area contributed by atoms with Crippen molar-refractivity contribution in [3.8, 4) is 0 Å². The summed E-state index contributed by atoms with van der Waals surface area (Å²) in [4.78, 5) is 0.678. The lowest BCUT2D eigenvalue weighted by atomic mass is 10.4. The Morgan fingerprint density at radius 3 is 2.89 bits per heavy atom. The first-order valence-corrected chi connectivity index (χ1v) is 3.30. The van der Waals surface area contributed by atoms with Gasteiger partial charge >= 0.3 is 0 Å². The van der Waals surface area contributed by atoms with Gasteiger partial charge in [-0.2, -0.15) is 0 Å². The molecule has 1 rings (SSSR count). The summed E-state index contributed by atoms with van der Waals surface area (Å²) in [5.74, 6) is -0.0787. The molecule has 0 unspecified atom stereocenters. The summed E-state index contributed by atoms with van der Waals surface area (Å²) in [5.41, 5.74) is 0. The predicted octanol–water partition coefficient (Wildman–Crippen LogP) is 2.16. The van der Waals surface area contributed by atoms with Gasteiger partial charge in [-0.25, -0.2) is 0 Å². The lowest BCUT2D eigenvalue weighted by molar-refractivity contribution is 0.432. The van der Waals surface area contributed by atoms with Crippen LogP contribution in [0.1, 0.15) is 4.88 Å². The van der Waals surface area contributed by atoms with E-state index in [2.05, 4.69) is 0 Å². The highest BCUT2D eigenvalue weighted by molar-refractivity contribution is 7.11. The quantitative estimate of drug-likeness (QED) is 0.590. The van der Waals surface area contributed by atoms with Crippen LogP contribution >= 0.6 is 11.3 Å². The molecule has 2 nitrogen and oxygen atoms in total. The predicted molar refractivity (Wildman–Crippen MR) is 37.6 cm³/mol. The highest BCUT2D eigenvalue weighted by Gasteiger charge is 1.96. The minimum atomic E-state index is -0.0787. The highest BCUT2D eigenvalue weighted by atomic mass is 32.1. The molecule has 9 heavy (non-hydrogen) atoms. The Kier molecular flexibility index (Phi) is 1.75. The molecule has 0 spiro atoms. The minimum absolute atomic E-state index is 0.0787. The summed E-state index contributed by atoms with van der Waals surface area (Å²) in [6.45, 7) is 0. The maximum Gasteiger partial charge on any atom is 0.167 e. The average Bonchev–Trinajstić information content (AvgIpc) is 2.37. The van der Waals surface area contributed by atoms with Crippen molar-refractivity contribution in [1.29, 1.82) is 0 Å². The van der Waals surface area contributed by atoms with Crippen LogP contribution in [0.4, 0.5) is 0 Å². The molecule has 0 amide bonds. The van der Waals surface area contributed by atoms with Crippen molar-refractivity contribution in [2.75, 3.05) is 0 Å². The zero-order valence-electron chi connectivity index (χ0n) is 4.61. The molecule has 0 saturated carbocycles. The van der Waals surface area contributed by atoms with Crippen molar-refractivity contribution in [3.63, 3.8) is 0 Å². The SMILES string of the molecule is O/C=C(\O)c1cccs1. The van der Waals surface area contributed by atoms with E-state index in [0.29, 0.717) is 11.1 Å². The van der Waals surface area contributed by atoms with Gasteiger partial charge in [0.05, 0.1) is 4.88 Å². The van der Waals surface area contributed by atoms with Gasteiger partial charge in [-0.3, -0.25) is 0 Å². The molecule has 48 valence electrons. The van der Waals surface area contributed by atoms with Crippen LogP contribution in [0.3, 0.4) is 0 Å². The lowest BCUT2D eigenvalue weighted by Crippen LogP contribution is -1.73. The standard InChI is InChI=1S/C6H6O2S/c7-4-5(8)6-2-1-3-9-6/h1-4,7-8H/b5-4-. The number of hydrogen-bond donors (Lipinski definition) is 2. The molecule has 0 aliphatic heterocycles. The molecule has 0 bridgehead atoms. The van der Waals surface area contributed by atoms with Crippen molar-refractivity contribution in [2.24, 2.45) is 0 Å². The Balaban J connectivity index is 2.90. The summed E-state index contributed by atoms with van der Waals surface area (Å²) < 4.78 is 0. The van der Waals surface area contributed by atoms with Gasteiger partial charge < -0.3 is 10.2 Å². The molecule has 1 aromatic heterocycles. The monoisotopic (exact) mass is 142 g/mol. The van der Waals surface area contributed by atoms with Crippen LogP contribution in [0.15, 0.2) is 23.8 Å². The smallest absolute Gasteiger partial charge is 0.167 e. The van der Waals surface area contributed by atoms with Crippen LogP contribution in [0.5, 0.6) is 0 Å². The van der Waals surface area contributed by atoms with E-state index in [9.17, 15) is 0 Å². The minimum Gasteiger partial charge on any atom is -0.512 e. The summed E-state index contributed by atoms with van der Waals surface area (Å²) in [5, 5.41) is 19.0. The van der Waals surface area contributed by atoms with Crippen LogP contribution < -0.4 is 0 Å². The largest absolute Gasteiger partial charge is 0.512 e. The van der Waals surface area contributed by atoms with Crippen LogP contribution in [0.2, 0.25) is 0 Å². The Hall–Kier alpha value is -0.960. The van der Waals surface area contributed by atoms with Gasteiger partial charge in [0, 0.05) is 0 Å². The first-order chi connectivity index (χ1) is 4.34. The fourth-order valence-electron chi connectivity index (χ4n) is 0.488. The second-order valence-electron chi connectivity index (χ2n) is 1.49. The van der Waals surface area contributed by atoms with E-state index in [4.69, 9.17) is 10.2 Å². The van der Waals surface area contributed by atoms with Crippen molar-refractivity contribution in [3.05, 3.63) is 28.7 Å². The topological polar surface area (TPSA) is 40.5 Å². The first kappa shape index (κ1) is 6.16. The maximum absolute atomic E-state index is 8.84. The zero-order chi connectivity index (χ0) is 6.69. The molecule has 0 atom stereocenters. The van der Waals surface area contributed by atoms with Gasteiger partial charge in [-0.15, -0.1) is 11.3 Å². The summed E-state index contributed by atoms with van der Waals surface area (Å²) in [7, 11) is 0.